The first-order valence-electron chi connectivity index (χ1n) is 14.1. The number of aromatic amines is 1. The first kappa shape index (κ1) is 32.6. The Labute approximate surface area is 250 Å². The van der Waals surface area contributed by atoms with Crippen molar-refractivity contribution in [1.82, 2.24) is 26.3 Å². The molecule has 43 heavy (non-hydrogen) atoms. The highest BCUT2D eigenvalue weighted by atomic mass is 16.2. The fourth-order valence-corrected chi connectivity index (χ4v) is 4.54. The number of hydrogen-bond donors (Lipinski definition) is 6. The number of carbonyl (C=O) groups excluding carboxylic acids is 4. The quantitative estimate of drug-likeness (QED) is 0.0677. The number of rotatable bonds is 15. The second-order valence-electron chi connectivity index (χ2n) is 10.6. The summed E-state index contributed by atoms with van der Waals surface area (Å²) >= 11 is 0. The smallest absolute Gasteiger partial charge is 0.243 e. The average Bonchev–Trinajstić information content (AvgIpc) is 3.40. The van der Waals surface area contributed by atoms with Crippen molar-refractivity contribution in [2.75, 3.05) is 13.1 Å². The number of carbonyl (C=O) groups is 4. The van der Waals surface area contributed by atoms with Crippen LogP contribution in [-0.4, -0.2) is 65.9 Å². The van der Waals surface area contributed by atoms with Crippen molar-refractivity contribution in [3.05, 3.63) is 82.4 Å². The summed E-state index contributed by atoms with van der Waals surface area (Å²) in [6, 6.07) is 12.9. The van der Waals surface area contributed by atoms with E-state index in [0.29, 0.717) is 0 Å². The van der Waals surface area contributed by atoms with E-state index in [1.54, 1.807) is 20.0 Å². The largest absolute Gasteiger partial charge is 0.361 e. The van der Waals surface area contributed by atoms with Crippen molar-refractivity contribution < 1.29 is 19.2 Å². The van der Waals surface area contributed by atoms with E-state index < -0.39 is 47.8 Å². The molecule has 0 saturated carbocycles. The van der Waals surface area contributed by atoms with Gasteiger partial charge in [-0.15, -0.1) is 0 Å². The van der Waals surface area contributed by atoms with Crippen LogP contribution in [0, 0.1) is 5.92 Å². The number of para-hydroxylation sites is 1. The highest BCUT2D eigenvalue weighted by Gasteiger charge is 2.32. The number of amides is 4. The minimum Gasteiger partial charge on any atom is -0.361 e. The normalized spacial score (nSPS) is 13.7. The van der Waals surface area contributed by atoms with E-state index in [2.05, 4.69) is 36.3 Å². The fraction of sp³-hybridized carbons (Fsp3) is 0.400. The third kappa shape index (κ3) is 9.59. The Morgan fingerprint density at radius 2 is 1.51 bits per heavy atom. The Hall–Kier alpha value is -4.87. The Morgan fingerprint density at radius 3 is 2.19 bits per heavy atom. The lowest BCUT2D eigenvalue weighted by Gasteiger charge is -2.27. The van der Waals surface area contributed by atoms with Crippen molar-refractivity contribution >= 4 is 34.5 Å². The third-order valence-electron chi connectivity index (χ3n) is 6.88. The van der Waals surface area contributed by atoms with Crippen LogP contribution in [0.3, 0.4) is 0 Å². The molecule has 4 atom stereocenters. The Bertz CT molecular complexity index is 1450. The average molecular weight is 590 g/mol. The minimum absolute atomic E-state index is 0.0522. The monoisotopic (exact) mass is 589 g/mol. The zero-order chi connectivity index (χ0) is 31.4. The van der Waals surface area contributed by atoms with Gasteiger partial charge < -0.3 is 32.0 Å². The predicted molar refractivity (Wildman–Crippen MR) is 163 cm³/mol. The summed E-state index contributed by atoms with van der Waals surface area (Å²) in [4.78, 5) is 58.6. The number of aromatic nitrogens is 1. The zero-order valence-electron chi connectivity index (χ0n) is 24.5. The van der Waals surface area contributed by atoms with Crippen molar-refractivity contribution in [3.8, 4) is 0 Å². The fourth-order valence-electron chi connectivity index (χ4n) is 4.54. The standard InChI is InChI=1S/C30H39N9O4/c1-18(2)26(38-29(42)24(36-27(40)19(3)31)15-20-9-5-4-6-10-20)30(43)37-25(28(41)33-13-14-35-39-32)16-21-17-34-23-12-8-7-11-22(21)23/h4-12,17-19,24-26,34H,13-16,31H2,1-3H3,(H,33,41)(H,36,40)(H,37,43)(H,38,42)/t19-,24-,25-,26-/m0/s1. The van der Waals surface area contributed by atoms with Crippen LogP contribution in [0.25, 0.3) is 21.3 Å². The van der Waals surface area contributed by atoms with Crippen LogP contribution < -0.4 is 27.0 Å². The predicted octanol–water partition coefficient (Wildman–Crippen LogP) is 1.84. The van der Waals surface area contributed by atoms with E-state index in [-0.39, 0.29) is 31.8 Å². The van der Waals surface area contributed by atoms with Gasteiger partial charge in [0.05, 0.1) is 6.04 Å². The topological polar surface area (TPSA) is 207 Å². The zero-order valence-corrected chi connectivity index (χ0v) is 24.5. The maximum atomic E-state index is 13.6. The first-order chi connectivity index (χ1) is 20.6. The number of benzene rings is 2. The van der Waals surface area contributed by atoms with Gasteiger partial charge in [0.15, 0.2) is 0 Å². The van der Waals surface area contributed by atoms with Gasteiger partial charge in [-0.05, 0) is 35.6 Å². The number of hydrogen-bond acceptors (Lipinski definition) is 6. The van der Waals surface area contributed by atoms with Gasteiger partial charge in [-0.3, -0.25) is 19.2 Å². The van der Waals surface area contributed by atoms with Gasteiger partial charge in [0.25, 0.3) is 0 Å². The second-order valence-corrected chi connectivity index (χ2v) is 10.6. The Kier molecular flexibility index (Phi) is 12.1. The molecule has 0 radical (unpaired) electrons. The van der Waals surface area contributed by atoms with Crippen molar-refractivity contribution in [2.45, 2.75) is 57.8 Å². The van der Waals surface area contributed by atoms with Crippen LogP contribution in [-0.2, 0) is 32.0 Å². The van der Waals surface area contributed by atoms with Crippen LogP contribution in [0.4, 0.5) is 0 Å². The van der Waals surface area contributed by atoms with Crippen LogP contribution in [0.2, 0.25) is 0 Å². The van der Waals surface area contributed by atoms with Crippen molar-refractivity contribution in [2.24, 2.45) is 16.8 Å². The molecular weight excluding hydrogens is 550 g/mol. The molecule has 1 aromatic heterocycles. The number of fused-ring (bicyclic) bond motifs is 1. The molecular formula is C30H39N9O4. The van der Waals surface area contributed by atoms with E-state index >= 15 is 0 Å². The molecule has 0 aliphatic heterocycles. The lowest BCUT2D eigenvalue weighted by molar-refractivity contribution is -0.134. The van der Waals surface area contributed by atoms with E-state index in [1.165, 1.54) is 6.92 Å². The summed E-state index contributed by atoms with van der Waals surface area (Å²) in [5, 5.41) is 15.3. The molecule has 0 aliphatic rings. The van der Waals surface area contributed by atoms with Crippen molar-refractivity contribution in [3.63, 3.8) is 0 Å². The second kappa shape index (κ2) is 15.9. The maximum absolute atomic E-state index is 13.6. The Balaban J connectivity index is 1.80. The van der Waals surface area contributed by atoms with E-state index in [4.69, 9.17) is 11.3 Å². The lowest BCUT2D eigenvalue weighted by Crippen LogP contribution is -2.59. The SMILES string of the molecule is CC(C)[C@H](NC(=O)[C@H](Cc1ccccc1)NC(=O)[C@H](C)N)C(=O)N[C@@H](Cc1c[nH]c2ccccc12)C(=O)NCCN=[N+]=[N-]. The van der Waals surface area contributed by atoms with Gasteiger partial charge in [0.2, 0.25) is 23.6 Å². The number of nitrogens with two attached hydrogens (primary N) is 1. The molecule has 1 heterocycles. The third-order valence-corrected chi connectivity index (χ3v) is 6.88. The van der Waals surface area contributed by atoms with E-state index in [9.17, 15) is 19.2 Å². The summed E-state index contributed by atoms with van der Waals surface area (Å²) in [5.41, 5.74) is 16.8. The van der Waals surface area contributed by atoms with Gasteiger partial charge in [-0.1, -0.05) is 67.5 Å². The minimum atomic E-state index is -1.01. The van der Waals surface area contributed by atoms with Crippen LogP contribution in [0.15, 0.2) is 65.9 Å². The molecule has 4 amide bonds. The molecule has 0 bridgehead atoms. The van der Waals surface area contributed by atoms with Gasteiger partial charge >= 0.3 is 0 Å². The highest BCUT2D eigenvalue weighted by molar-refractivity contribution is 5.95. The lowest BCUT2D eigenvalue weighted by atomic mass is 9.99. The molecule has 3 aromatic rings. The number of nitrogens with one attached hydrogen (secondary N) is 5. The summed E-state index contributed by atoms with van der Waals surface area (Å²) in [6.07, 6.45) is 2.14. The van der Waals surface area contributed by atoms with Gasteiger partial charge in [0.1, 0.15) is 18.1 Å². The molecule has 2 aromatic carbocycles. The van der Waals surface area contributed by atoms with E-state index in [1.807, 2.05) is 54.6 Å². The molecule has 0 aliphatic carbocycles. The van der Waals surface area contributed by atoms with Crippen LogP contribution >= 0.6 is 0 Å². The summed E-state index contributed by atoms with van der Waals surface area (Å²) in [5.74, 6) is -2.44. The molecule has 228 valence electrons. The van der Waals surface area contributed by atoms with E-state index in [0.717, 1.165) is 22.0 Å². The number of H-pyrrole nitrogens is 1. The molecule has 0 fully saturated rings. The van der Waals surface area contributed by atoms with Gasteiger partial charge in [-0.25, -0.2) is 0 Å². The molecule has 3 rings (SSSR count). The molecule has 0 unspecified atom stereocenters. The van der Waals surface area contributed by atoms with Gasteiger partial charge in [0, 0.05) is 47.9 Å². The number of azide groups is 1. The molecule has 0 saturated heterocycles. The molecule has 13 heteroatoms. The summed E-state index contributed by atoms with van der Waals surface area (Å²) < 4.78 is 0. The highest BCUT2D eigenvalue weighted by Crippen LogP contribution is 2.19. The molecule has 0 spiro atoms. The van der Waals surface area contributed by atoms with Crippen LogP contribution in [0.1, 0.15) is 31.9 Å². The first-order valence-corrected chi connectivity index (χ1v) is 14.1. The number of nitrogens with zero attached hydrogens (tertiary/aromatic N) is 3. The Morgan fingerprint density at radius 1 is 0.860 bits per heavy atom. The maximum Gasteiger partial charge on any atom is 0.243 e. The summed E-state index contributed by atoms with van der Waals surface area (Å²) in [7, 11) is 0. The van der Waals surface area contributed by atoms with Crippen LogP contribution in [0.5, 0.6) is 0 Å². The van der Waals surface area contributed by atoms with Gasteiger partial charge in [-0.2, -0.15) is 0 Å². The summed E-state index contributed by atoms with van der Waals surface area (Å²) in [6.45, 7) is 5.20. The van der Waals surface area contributed by atoms with Crippen molar-refractivity contribution in [1.29, 1.82) is 0 Å². The molecule has 13 nitrogen and oxygen atoms in total. The molecule has 7 N–H and O–H groups in total.